The molecule has 0 atom stereocenters. The monoisotopic (exact) mass is 435 g/mol. The average molecular weight is 436 g/mol. The zero-order chi connectivity index (χ0) is 21.1. The van der Waals surface area contributed by atoms with Crippen LogP contribution in [0.25, 0.3) is 11.0 Å². The Bertz CT molecular complexity index is 1090. The van der Waals surface area contributed by atoms with Gasteiger partial charge < -0.3 is 19.2 Å². The van der Waals surface area contributed by atoms with Gasteiger partial charge in [-0.2, -0.15) is 0 Å². The van der Waals surface area contributed by atoms with Gasteiger partial charge in [0.15, 0.2) is 12.2 Å². The molecule has 0 fully saturated rings. The molecule has 29 heavy (non-hydrogen) atoms. The lowest BCUT2D eigenvalue weighted by molar-refractivity contribution is -0.145. The largest absolute Gasteiger partial charge is 0.480 e. The first kappa shape index (κ1) is 21.0. The summed E-state index contributed by atoms with van der Waals surface area (Å²) in [5, 5.41) is 3.84. The lowest BCUT2D eigenvalue weighted by Crippen LogP contribution is -2.16. The molecule has 0 aliphatic carbocycles. The van der Waals surface area contributed by atoms with Crippen LogP contribution in [-0.4, -0.2) is 25.1 Å². The van der Waals surface area contributed by atoms with Gasteiger partial charge in [0, 0.05) is 5.39 Å². The number of nitrogens with one attached hydrogen (secondary N) is 1. The Morgan fingerprint density at radius 1 is 1.14 bits per heavy atom. The van der Waals surface area contributed by atoms with Crippen LogP contribution < -0.4 is 10.1 Å². The third-order valence-electron chi connectivity index (χ3n) is 4.38. The Kier molecular flexibility index (Phi) is 6.35. The predicted octanol–water partition coefficient (Wildman–Crippen LogP) is 5.55. The number of fused-ring (bicyclic) bond motifs is 1. The second-order valence-corrected chi connectivity index (χ2v) is 7.03. The SMILES string of the molecule is CCOC(=O)COc1ccc(Cl)c(C(=O)Nc2cccc3c(C)c(C)oc23)c1Cl. The molecule has 1 aromatic heterocycles. The molecule has 3 rings (SSSR count). The van der Waals surface area contributed by atoms with E-state index in [1.807, 2.05) is 26.0 Å². The van der Waals surface area contributed by atoms with Gasteiger partial charge >= 0.3 is 5.97 Å². The highest BCUT2D eigenvalue weighted by Crippen LogP contribution is 2.35. The van der Waals surface area contributed by atoms with Crippen molar-refractivity contribution >= 4 is 51.7 Å². The zero-order valence-electron chi connectivity index (χ0n) is 16.1. The van der Waals surface area contributed by atoms with Crippen molar-refractivity contribution in [3.8, 4) is 5.75 Å². The Morgan fingerprint density at radius 3 is 2.62 bits per heavy atom. The molecule has 1 N–H and O–H groups in total. The van der Waals surface area contributed by atoms with E-state index in [1.54, 1.807) is 13.0 Å². The van der Waals surface area contributed by atoms with E-state index in [-0.39, 0.29) is 34.6 Å². The summed E-state index contributed by atoms with van der Waals surface area (Å²) in [6.45, 7) is 5.41. The molecule has 3 aromatic rings. The van der Waals surface area contributed by atoms with Crippen molar-refractivity contribution in [1.82, 2.24) is 0 Å². The van der Waals surface area contributed by atoms with Crippen LogP contribution in [0, 0.1) is 13.8 Å². The van der Waals surface area contributed by atoms with Crippen LogP contribution in [0.4, 0.5) is 5.69 Å². The van der Waals surface area contributed by atoms with Crippen molar-refractivity contribution in [3.05, 3.63) is 57.3 Å². The number of aryl methyl sites for hydroxylation is 2. The molecule has 0 unspecified atom stereocenters. The third-order valence-corrected chi connectivity index (χ3v) is 5.07. The number of amides is 1. The molecule has 1 amide bonds. The summed E-state index contributed by atoms with van der Waals surface area (Å²) < 4.78 is 16.0. The number of furan rings is 1. The highest BCUT2D eigenvalue weighted by atomic mass is 35.5. The number of hydrogen-bond donors (Lipinski definition) is 1. The highest BCUT2D eigenvalue weighted by molar-refractivity contribution is 6.41. The summed E-state index contributed by atoms with van der Waals surface area (Å²) in [4.78, 5) is 24.4. The molecule has 0 saturated carbocycles. The van der Waals surface area contributed by atoms with Crippen LogP contribution in [0.1, 0.15) is 28.6 Å². The van der Waals surface area contributed by atoms with Gasteiger partial charge in [0.2, 0.25) is 0 Å². The first-order chi connectivity index (χ1) is 13.8. The van der Waals surface area contributed by atoms with E-state index < -0.39 is 11.9 Å². The van der Waals surface area contributed by atoms with Crippen molar-refractivity contribution in [1.29, 1.82) is 0 Å². The second kappa shape index (κ2) is 8.76. The number of halogens is 2. The minimum absolute atomic E-state index is 0.00159. The maximum Gasteiger partial charge on any atom is 0.344 e. The van der Waals surface area contributed by atoms with Gasteiger partial charge in [0.05, 0.1) is 27.9 Å². The maximum atomic E-state index is 12.9. The zero-order valence-corrected chi connectivity index (χ0v) is 17.6. The van der Waals surface area contributed by atoms with Gasteiger partial charge in [0.25, 0.3) is 5.91 Å². The van der Waals surface area contributed by atoms with E-state index in [1.165, 1.54) is 12.1 Å². The van der Waals surface area contributed by atoms with Crippen LogP contribution in [0.5, 0.6) is 5.75 Å². The molecule has 1 heterocycles. The number of carbonyl (C=O) groups excluding carboxylic acids is 2. The quantitative estimate of drug-likeness (QED) is 0.513. The van der Waals surface area contributed by atoms with Crippen molar-refractivity contribution in [2.75, 3.05) is 18.5 Å². The smallest absolute Gasteiger partial charge is 0.344 e. The Labute approximate surface area is 177 Å². The molecular weight excluding hydrogens is 417 g/mol. The van der Waals surface area contributed by atoms with Gasteiger partial charge in [-0.15, -0.1) is 0 Å². The predicted molar refractivity (Wildman–Crippen MR) is 112 cm³/mol. The molecule has 0 bridgehead atoms. The fourth-order valence-electron chi connectivity index (χ4n) is 2.84. The summed E-state index contributed by atoms with van der Waals surface area (Å²) in [7, 11) is 0. The van der Waals surface area contributed by atoms with E-state index in [2.05, 4.69) is 5.32 Å². The molecule has 0 saturated heterocycles. The average Bonchev–Trinajstić information content (AvgIpc) is 2.97. The van der Waals surface area contributed by atoms with Gasteiger partial charge in [-0.25, -0.2) is 4.79 Å². The van der Waals surface area contributed by atoms with Crippen LogP contribution >= 0.6 is 23.2 Å². The third kappa shape index (κ3) is 4.33. The number of rotatable bonds is 6. The number of ether oxygens (including phenoxy) is 2. The van der Waals surface area contributed by atoms with Crippen molar-refractivity contribution in [2.45, 2.75) is 20.8 Å². The molecule has 0 aliphatic rings. The summed E-state index contributed by atoms with van der Waals surface area (Å²) in [6, 6.07) is 8.43. The van der Waals surface area contributed by atoms with E-state index in [4.69, 9.17) is 37.1 Å². The molecular formula is C21H19Cl2NO5. The molecule has 2 aromatic carbocycles. The van der Waals surface area contributed by atoms with Crippen LogP contribution in [0.2, 0.25) is 10.0 Å². The Balaban J connectivity index is 1.89. The Hall–Kier alpha value is -2.70. The van der Waals surface area contributed by atoms with Crippen LogP contribution in [0.15, 0.2) is 34.7 Å². The standard InChI is InChI=1S/C21H19Cl2NO5/c1-4-27-17(25)10-28-16-9-8-14(22)18(19(16)23)21(26)24-15-7-5-6-13-11(2)12(3)29-20(13)15/h5-9H,4,10H2,1-3H3,(H,24,26). The summed E-state index contributed by atoms with van der Waals surface area (Å²) in [5.41, 5.74) is 2.10. The lowest BCUT2D eigenvalue weighted by atomic mass is 10.1. The van der Waals surface area contributed by atoms with Crippen molar-refractivity contribution in [2.24, 2.45) is 0 Å². The van der Waals surface area contributed by atoms with Crippen LogP contribution in [-0.2, 0) is 9.53 Å². The molecule has 0 spiro atoms. The molecule has 8 heteroatoms. The van der Waals surface area contributed by atoms with E-state index in [9.17, 15) is 9.59 Å². The normalized spacial score (nSPS) is 10.8. The number of para-hydroxylation sites is 1. The topological polar surface area (TPSA) is 77.8 Å². The highest BCUT2D eigenvalue weighted by Gasteiger charge is 2.21. The number of carbonyl (C=O) groups is 2. The number of anilines is 1. The van der Waals surface area contributed by atoms with Gasteiger partial charge in [-0.3, -0.25) is 4.79 Å². The van der Waals surface area contributed by atoms with Gasteiger partial charge in [0.1, 0.15) is 11.5 Å². The molecule has 6 nitrogen and oxygen atoms in total. The minimum atomic E-state index is -0.542. The number of hydrogen-bond acceptors (Lipinski definition) is 5. The minimum Gasteiger partial charge on any atom is -0.480 e. The van der Waals surface area contributed by atoms with Crippen molar-refractivity contribution in [3.63, 3.8) is 0 Å². The summed E-state index contributed by atoms with van der Waals surface area (Å²) in [5.74, 6) is -0.148. The van der Waals surface area contributed by atoms with E-state index >= 15 is 0 Å². The first-order valence-electron chi connectivity index (χ1n) is 8.90. The van der Waals surface area contributed by atoms with E-state index in [0.717, 1.165) is 16.7 Å². The van der Waals surface area contributed by atoms with Gasteiger partial charge in [-0.05, 0) is 44.5 Å². The maximum absolute atomic E-state index is 12.9. The second-order valence-electron chi connectivity index (χ2n) is 6.25. The molecule has 0 radical (unpaired) electrons. The Morgan fingerprint density at radius 2 is 1.90 bits per heavy atom. The van der Waals surface area contributed by atoms with E-state index in [0.29, 0.717) is 11.3 Å². The number of benzene rings is 2. The molecule has 0 aliphatic heterocycles. The molecule has 152 valence electrons. The number of esters is 1. The van der Waals surface area contributed by atoms with Crippen molar-refractivity contribution < 1.29 is 23.5 Å². The first-order valence-corrected chi connectivity index (χ1v) is 9.65. The fraction of sp³-hybridized carbons (Fsp3) is 0.238. The van der Waals surface area contributed by atoms with Gasteiger partial charge in [-0.1, -0.05) is 35.3 Å². The summed E-state index contributed by atoms with van der Waals surface area (Å²) >= 11 is 12.5. The van der Waals surface area contributed by atoms with Crippen LogP contribution in [0.3, 0.4) is 0 Å². The fourth-order valence-corrected chi connectivity index (χ4v) is 3.43. The summed E-state index contributed by atoms with van der Waals surface area (Å²) in [6.07, 6.45) is 0. The lowest BCUT2D eigenvalue weighted by Gasteiger charge is -2.13.